The number of carbonyl (C=O) groups excluding carboxylic acids is 3. The van der Waals surface area contributed by atoms with Gasteiger partial charge in [-0.05, 0) is 48.5 Å². The maximum Gasteiger partial charge on any atom is 0.293 e. The summed E-state index contributed by atoms with van der Waals surface area (Å²) in [7, 11) is 1.53. The van der Waals surface area contributed by atoms with E-state index in [1.54, 1.807) is 24.3 Å². The van der Waals surface area contributed by atoms with Crippen molar-refractivity contribution >= 4 is 34.9 Å². The smallest absolute Gasteiger partial charge is 0.293 e. The molecule has 1 aliphatic rings. The van der Waals surface area contributed by atoms with Crippen molar-refractivity contribution in [3.05, 3.63) is 64.6 Å². The molecule has 0 spiro atoms. The number of hydrogen-bond acceptors (Lipinski definition) is 6. The zero-order valence-corrected chi connectivity index (χ0v) is 17.5. The van der Waals surface area contributed by atoms with E-state index in [0.717, 1.165) is 22.2 Å². The molecule has 1 saturated heterocycles. The van der Waals surface area contributed by atoms with Crippen LogP contribution in [0.4, 0.5) is 4.79 Å². The van der Waals surface area contributed by atoms with E-state index in [1.165, 1.54) is 7.11 Å². The highest BCUT2D eigenvalue weighted by molar-refractivity contribution is 8.18. The molecular formula is C22H22N2O5S. The zero-order valence-electron chi connectivity index (χ0n) is 16.7. The standard InChI is InChI=1S/C22H22N2O5S/c1-3-29-18-14-16(9-10-17(18)28-2)20(25)23-11-12-24-21(26)19(30-22(24)27)13-15-7-5-4-6-8-15/h4-10,13-14H,3,11-12H2,1-2H3,(H,23,25)/b19-13-. The van der Waals surface area contributed by atoms with Gasteiger partial charge in [0, 0.05) is 18.7 Å². The summed E-state index contributed by atoms with van der Waals surface area (Å²) in [5.41, 5.74) is 1.25. The molecule has 30 heavy (non-hydrogen) atoms. The first-order chi connectivity index (χ1) is 14.5. The molecule has 0 aromatic heterocycles. The molecule has 0 atom stereocenters. The molecule has 2 aromatic carbocycles. The Morgan fingerprint density at radius 1 is 1.13 bits per heavy atom. The number of ether oxygens (including phenoxy) is 2. The highest BCUT2D eigenvalue weighted by Gasteiger charge is 2.34. The summed E-state index contributed by atoms with van der Waals surface area (Å²) in [6.45, 7) is 2.52. The summed E-state index contributed by atoms with van der Waals surface area (Å²) in [5, 5.41) is 2.38. The van der Waals surface area contributed by atoms with Crippen molar-refractivity contribution in [2.45, 2.75) is 6.92 Å². The van der Waals surface area contributed by atoms with Gasteiger partial charge in [0.05, 0.1) is 18.6 Å². The number of benzene rings is 2. The fourth-order valence-electron chi connectivity index (χ4n) is 2.86. The van der Waals surface area contributed by atoms with Crippen LogP contribution in [-0.2, 0) is 4.79 Å². The predicted molar refractivity (Wildman–Crippen MR) is 116 cm³/mol. The SMILES string of the molecule is CCOc1cc(C(=O)NCCN2C(=O)S/C(=C\c3ccccc3)C2=O)ccc1OC. The lowest BCUT2D eigenvalue weighted by atomic mass is 10.2. The van der Waals surface area contributed by atoms with E-state index in [-0.39, 0.29) is 30.1 Å². The van der Waals surface area contributed by atoms with Crippen LogP contribution in [0.5, 0.6) is 11.5 Å². The Balaban J connectivity index is 1.59. The topological polar surface area (TPSA) is 84.9 Å². The largest absolute Gasteiger partial charge is 0.493 e. The molecule has 3 amide bonds. The van der Waals surface area contributed by atoms with Gasteiger partial charge in [0.1, 0.15) is 0 Å². The molecule has 0 radical (unpaired) electrons. The molecule has 7 nitrogen and oxygen atoms in total. The van der Waals surface area contributed by atoms with E-state index < -0.39 is 0 Å². The Morgan fingerprint density at radius 2 is 1.90 bits per heavy atom. The molecule has 1 heterocycles. The predicted octanol–water partition coefficient (Wildman–Crippen LogP) is 3.56. The molecule has 0 aliphatic carbocycles. The molecule has 1 fully saturated rings. The van der Waals surface area contributed by atoms with E-state index in [4.69, 9.17) is 9.47 Å². The third kappa shape index (κ3) is 5.01. The van der Waals surface area contributed by atoms with Gasteiger partial charge in [-0.15, -0.1) is 0 Å². The van der Waals surface area contributed by atoms with Crippen LogP contribution >= 0.6 is 11.8 Å². The van der Waals surface area contributed by atoms with Crippen molar-refractivity contribution in [1.82, 2.24) is 10.2 Å². The van der Waals surface area contributed by atoms with E-state index >= 15 is 0 Å². The van der Waals surface area contributed by atoms with E-state index in [1.807, 2.05) is 37.3 Å². The van der Waals surface area contributed by atoms with Crippen molar-refractivity contribution in [3.8, 4) is 11.5 Å². The lowest BCUT2D eigenvalue weighted by Crippen LogP contribution is -2.37. The molecule has 0 unspecified atom stereocenters. The van der Waals surface area contributed by atoms with Crippen molar-refractivity contribution < 1.29 is 23.9 Å². The third-order valence-electron chi connectivity index (χ3n) is 4.32. The number of nitrogens with one attached hydrogen (secondary N) is 1. The van der Waals surface area contributed by atoms with Gasteiger partial charge in [0.2, 0.25) is 0 Å². The first-order valence-corrected chi connectivity index (χ1v) is 10.2. The lowest BCUT2D eigenvalue weighted by molar-refractivity contribution is -0.122. The molecular weight excluding hydrogens is 404 g/mol. The second-order valence-corrected chi connectivity index (χ2v) is 7.29. The molecule has 8 heteroatoms. The van der Waals surface area contributed by atoms with Crippen LogP contribution in [0, 0.1) is 0 Å². The van der Waals surface area contributed by atoms with E-state index in [9.17, 15) is 14.4 Å². The van der Waals surface area contributed by atoms with Crippen LogP contribution in [0.1, 0.15) is 22.8 Å². The number of hydrogen-bond donors (Lipinski definition) is 1. The minimum atomic E-state index is -0.355. The Morgan fingerprint density at radius 3 is 2.60 bits per heavy atom. The van der Waals surface area contributed by atoms with Gasteiger partial charge < -0.3 is 14.8 Å². The molecule has 1 N–H and O–H groups in total. The highest BCUT2D eigenvalue weighted by atomic mass is 32.2. The lowest BCUT2D eigenvalue weighted by Gasteiger charge is -2.14. The van der Waals surface area contributed by atoms with Crippen LogP contribution in [0.3, 0.4) is 0 Å². The molecule has 0 saturated carbocycles. The molecule has 0 bridgehead atoms. The number of carbonyl (C=O) groups is 3. The van der Waals surface area contributed by atoms with Gasteiger partial charge in [0.25, 0.3) is 17.1 Å². The summed E-state index contributed by atoms with van der Waals surface area (Å²) in [6, 6.07) is 14.2. The van der Waals surface area contributed by atoms with Crippen molar-refractivity contribution in [3.63, 3.8) is 0 Å². The third-order valence-corrected chi connectivity index (χ3v) is 5.22. The number of imide groups is 1. The van der Waals surface area contributed by atoms with Gasteiger partial charge in [0.15, 0.2) is 11.5 Å². The van der Waals surface area contributed by atoms with Crippen molar-refractivity contribution in [1.29, 1.82) is 0 Å². The number of rotatable bonds is 8. The van der Waals surface area contributed by atoms with Gasteiger partial charge in [-0.2, -0.15) is 0 Å². The van der Waals surface area contributed by atoms with E-state index in [2.05, 4.69) is 5.32 Å². The normalized spacial score (nSPS) is 14.9. The summed E-state index contributed by atoms with van der Waals surface area (Å²) >= 11 is 0.899. The Labute approximate surface area is 179 Å². The van der Waals surface area contributed by atoms with Crippen LogP contribution in [0.15, 0.2) is 53.4 Å². The monoisotopic (exact) mass is 426 g/mol. The van der Waals surface area contributed by atoms with Gasteiger partial charge in [-0.25, -0.2) is 0 Å². The number of thioether (sulfide) groups is 1. The molecule has 2 aromatic rings. The number of methoxy groups -OCH3 is 1. The van der Waals surface area contributed by atoms with Crippen LogP contribution in [-0.4, -0.2) is 48.8 Å². The highest BCUT2D eigenvalue weighted by Crippen LogP contribution is 2.32. The summed E-state index contributed by atoms with van der Waals surface area (Å²) < 4.78 is 10.7. The number of amides is 3. The molecule has 3 rings (SSSR count). The fraction of sp³-hybridized carbons (Fsp3) is 0.227. The van der Waals surface area contributed by atoms with Crippen LogP contribution < -0.4 is 14.8 Å². The summed E-state index contributed by atoms with van der Waals surface area (Å²) in [4.78, 5) is 38.7. The average molecular weight is 426 g/mol. The second-order valence-electron chi connectivity index (χ2n) is 6.30. The van der Waals surface area contributed by atoms with E-state index in [0.29, 0.717) is 28.6 Å². The Hall–Kier alpha value is -3.26. The summed E-state index contributed by atoms with van der Waals surface area (Å²) in [6.07, 6.45) is 1.69. The van der Waals surface area contributed by atoms with Crippen LogP contribution in [0.25, 0.3) is 6.08 Å². The Bertz CT molecular complexity index is 975. The number of nitrogens with zero attached hydrogens (tertiary/aromatic N) is 1. The maximum absolute atomic E-state index is 12.5. The molecule has 1 aliphatic heterocycles. The maximum atomic E-state index is 12.5. The first kappa shape index (κ1) is 21.4. The zero-order chi connectivity index (χ0) is 21.5. The molecule has 156 valence electrons. The van der Waals surface area contributed by atoms with Gasteiger partial charge >= 0.3 is 0 Å². The fourth-order valence-corrected chi connectivity index (χ4v) is 3.73. The first-order valence-electron chi connectivity index (χ1n) is 9.43. The van der Waals surface area contributed by atoms with Crippen LogP contribution in [0.2, 0.25) is 0 Å². The van der Waals surface area contributed by atoms with Gasteiger partial charge in [-0.1, -0.05) is 30.3 Å². The average Bonchev–Trinajstić information content (AvgIpc) is 3.02. The second kappa shape index (κ2) is 9.98. The van der Waals surface area contributed by atoms with Crippen molar-refractivity contribution in [2.24, 2.45) is 0 Å². The minimum Gasteiger partial charge on any atom is -0.493 e. The quantitative estimate of drug-likeness (QED) is 0.650. The summed E-state index contributed by atoms with van der Waals surface area (Å²) in [5.74, 6) is 0.331. The van der Waals surface area contributed by atoms with Gasteiger partial charge in [-0.3, -0.25) is 19.3 Å². The minimum absolute atomic E-state index is 0.0943. The van der Waals surface area contributed by atoms with Crippen molar-refractivity contribution in [2.75, 3.05) is 26.8 Å². The Kier molecular flexibility index (Phi) is 7.13.